The van der Waals surface area contributed by atoms with Crippen molar-refractivity contribution in [2.45, 2.75) is 41.0 Å². The molecule has 2 fully saturated rings. The van der Waals surface area contributed by atoms with Gasteiger partial charge in [-0.3, -0.25) is 4.99 Å². The van der Waals surface area contributed by atoms with Crippen molar-refractivity contribution in [3.8, 4) is 0 Å². The lowest BCUT2D eigenvalue weighted by atomic mass is 9.92. The largest absolute Gasteiger partial charge is 0.357 e. The lowest BCUT2D eigenvalue weighted by molar-refractivity contribution is 0.125. The van der Waals surface area contributed by atoms with Gasteiger partial charge in [0.2, 0.25) is 0 Å². The molecule has 0 saturated carbocycles. The molecule has 154 valence electrons. The summed E-state index contributed by atoms with van der Waals surface area (Å²) >= 11 is 0. The minimum Gasteiger partial charge on any atom is -0.357 e. The molecule has 0 radical (unpaired) electrons. The molecule has 2 saturated heterocycles. The van der Waals surface area contributed by atoms with Crippen LogP contribution in [0.4, 0.5) is 0 Å². The molecular formula is C20H42IN5. The van der Waals surface area contributed by atoms with Crippen molar-refractivity contribution in [3.63, 3.8) is 0 Å². The zero-order valence-electron chi connectivity index (χ0n) is 17.7. The van der Waals surface area contributed by atoms with Crippen LogP contribution in [0, 0.1) is 17.8 Å². The number of piperazine rings is 1. The third-order valence-electron chi connectivity index (χ3n) is 5.54. The van der Waals surface area contributed by atoms with E-state index in [4.69, 9.17) is 4.99 Å². The molecule has 1 N–H and O–H groups in total. The number of halogens is 1. The highest BCUT2D eigenvalue weighted by Crippen LogP contribution is 2.21. The van der Waals surface area contributed by atoms with Crippen molar-refractivity contribution in [3.05, 3.63) is 0 Å². The minimum absolute atomic E-state index is 0. The zero-order valence-corrected chi connectivity index (χ0v) is 20.0. The summed E-state index contributed by atoms with van der Waals surface area (Å²) in [5.41, 5.74) is 0. The Morgan fingerprint density at radius 3 is 2.15 bits per heavy atom. The molecule has 3 atom stereocenters. The number of nitrogens with zero attached hydrogens (tertiary/aromatic N) is 4. The Morgan fingerprint density at radius 1 is 1.04 bits per heavy atom. The average Bonchev–Trinajstić information content (AvgIpc) is 2.58. The fourth-order valence-corrected chi connectivity index (χ4v) is 4.29. The third kappa shape index (κ3) is 7.89. The predicted molar refractivity (Wildman–Crippen MR) is 124 cm³/mol. The van der Waals surface area contributed by atoms with E-state index in [1.54, 1.807) is 0 Å². The minimum atomic E-state index is 0. The van der Waals surface area contributed by atoms with Gasteiger partial charge < -0.3 is 20.0 Å². The first kappa shape index (κ1) is 24.0. The molecule has 0 bridgehead atoms. The lowest BCUT2D eigenvalue weighted by Gasteiger charge is -2.37. The van der Waals surface area contributed by atoms with Crippen LogP contribution in [-0.2, 0) is 0 Å². The van der Waals surface area contributed by atoms with Crippen molar-refractivity contribution < 1.29 is 0 Å². The van der Waals surface area contributed by atoms with E-state index >= 15 is 0 Å². The number of likely N-dealkylation sites (tertiary alicyclic amines) is 1. The molecular weight excluding hydrogens is 437 g/mol. The van der Waals surface area contributed by atoms with Gasteiger partial charge in [0, 0.05) is 58.9 Å². The highest BCUT2D eigenvalue weighted by Gasteiger charge is 2.24. The molecule has 2 heterocycles. The fraction of sp³-hybridized carbons (Fsp3) is 0.950. The summed E-state index contributed by atoms with van der Waals surface area (Å²) in [6.07, 6.45) is 1.34. The Balaban J connectivity index is 0.00000338. The summed E-state index contributed by atoms with van der Waals surface area (Å²) in [7, 11) is 0. The van der Waals surface area contributed by atoms with E-state index < -0.39 is 0 Å². The number of guanidine groups is 1. The number of piperidine rings is 1. The molecule has 0 aliphatic carbocycles. The van der Waals surface area contributed by atoms with Crippen LogP contribution in [-0.4, -0.2) is 86.1 Å². The average molecular weight is 479 g/mol. The summed E-state index contributed by atoms with van der Waals surface area (Å²) in [5.74, 6) is 3.27. The van der Waals surface area contributed by atoms with Crippen LogP contribution in [0.1, 0.15) is 41.0 Å². The van der Waals surface area contributed by atoms with Gasteiger partial charge >= 0.3 is 0 Å². The van der Waals surface area contributed by atoms with Gasteiger partial charge in [0.25, 0.3) is 0 Å². The van der Waals surface area contributed by atoms with Gasteiger partial charge in [0.1, 0.15) is 0 Å². The quantitative estimate of drug-likeness (QED) is 0.361. The molecule has 0 aromatic rings. The van der Waals surface area contributed by atoms with E-state index in [9.17, 15) is 0 Å². The summed E-state index contributed by atoms with van der Waals surface area (Å²) in [6.45, 7) is 22.9. The van der Waals surface area contributed by atoms with Crippen LogP contribution in [0.25, 0.3) is 0 Å². The van der Waals surface area contributed by atoms with Gasteiger partial charge in [-0.1, -0.05) is 27.7 Å². The van der Waals surface area contributed by atoms with Crippen molar-refractivity contribution in [1.29, 1.82) is 0 Å². The Labute approximate surface area is 179 Å². The maximum Gasteiger partial charge on any atom is 0.193 e. The molecule has 2 aliphatic rings. The smallest absolute Gasteiger partial charge is 0.193 e. The number of nitrogens with one attached hydrogen (secondary N) is 1. The van der Waals surface area contributed by atoms with Crippen LogP contribution in [0.15, 0.2) is 4.99 Å². The molecule has 0 amide bonds. The second-order valence-electron chi connectivity index (χ2n) is 8.39. The summed E-state index contributed by atoms with van der Waals surface area (Å²) in [6, 6.07) is 0. The maximum absolute atomic E-state index is 5.00. The van der Waals surface area contributed by atoms with E-state index in [1.807, 2.05) is 0 Å². The maximum atomic E-state index is 5.00. The molecule has 26 heavy (non-hydrogen) atoms. The number of hydrogen-bond donors (Lipinski definition) is 1. The van der Waals surface area contributed by atoms with Crippen molar-refractivity contribution in [1.82, 2.24) is 20.0 Å². The normalized spacial score (nSPS) is 27.1. The van der Waals surface area contributed by atoms with Crippen LogP contribution in [0.3, 0.4) is 0 Å². The Bertz CT molecular complexity index is 399. The fourth-order valence-electron chi connectivity index (χ4n) is 4.29. The van der Waals surface area contributed by atoms with E-state index in [-0.39, 0.29) is 24.0 Å². The van der Waals surface area contributed by atoms with Gasteiger partial charge in [-0.25, -0.2) is 0 Å². The van der Waals surface area contributed by atoms with E-state index in [0.717, 1.165) is 44.0 Å². The number of hydrogen-bond acceptors (Lipinski definition) is 3. The van der Waals surface area contributed by atoms with Crippen molar-refractivity contribution >= 4 is 29.9 Å². The molecule has 0 aromatic carbocycles. The van der Waals surface area contributed by atoms with Gasteiger partial charge in [0.05, 0.1) is 0 Å². The number of rotatable bonds is 6. The van der Waals surface area contributed by atoms with Crippen molar-refractivity contribution in [2.24, 2.45) is 22.7 Å². The highest BCUT2D eigenvalue weighted by atomic mass is 127. The first-order valence-electron chi connectivity index (χ1n) is 10.5. The Kier molecular flexibility index (Phi) is 11.4. The summed E-state index contributed by atoms with van der Waals surface area (Å²) in [5, 5.41) is 3.52. The monoisotopic (exact) mass is 479 g/mol. The number of likely N-dealkylation sites (N-methyl/N-ethyl adjacent to an activating group) is 1. The first-order chi connectivity index (χ1) is 12.0. The molecule has 5 nitrogen and oxygen atoms in total. The molecule has 0 spiro atoms. The van der Waals surface area contributed by atoms with Gasteiger partial charge in [-0.05, 0) is 37.6 Å². The Morgan fingerprint density at radius 2 is 1.62 bits per heavy atom. The van der Waals surface area contributed by atoms with Crippen LogP contribution in [0.5, 0.6) is 0 Å². The molecule has 6 heteroatoms. The molecule has 0 aromatic heterocycles. The summed E-state index contributed by atoms with van der Waals surface area (Å²) < 4.78 is 0. The predicted octanol–water partition coefficient (Wildman–Crippen LogP) is 2.82. The van der Waals surface area contributed by atoms with Crippen molar-refractivity contribution in [2.75, 3.05) is 65.4 Å². The van der Waals surface area contributed by atoms with Crippen LogP contribution < -0.4 is 5.32 Å². The van der Waals surface area contributed by atoms with Gasteiger partial charge in [-0.15, -0.1) is 24.0 Å². The highest BCUT2D eigenvalue weighted by molar-refractivity contribution is 14.0. The van der Waals surface area contributed by atoms with Crippen LogP contribution in [0.2, 0.25) is 0 Å². The van der Waals surface area contributed by atoms with E-state index in [2.05, 4.69) is 54.6 Å². The van der Waals surface area contributed by atoms with Crippen LogP contribution >= 0.6 is 24.0 Å². The lowest BCUT2D eigenvalue weighted by Crippen LogP contribution is -2.49. The number of aliphatic imine (C=N–C) groups is 1. The molecule has 2 aliphatic heterocycles. The molecule has 3 unspecified atom stereocenters. The van der Waals surface area contributed by atoms with Gasteiger partial charge in [0.15, 0.2) is 5.96 Å². The first-order valence-corrected chi connectivity index (χ1v) is 10.5. The zero-order chi connectivity index (χ0) is 18.2. The van der Waals surface area contributed by atoms with E-state index in [1.165, 1.54) is 45.7 Å². The molecule has 2 rings (SSSR count). The second-order valence-corrected chi connectivity index (χ2v) is 8.39. The standard InChI is InChI=1S/C20H41N5.HI/c1-6-21-20(25-15-17(3)12-18(4)16-25)22-13-19(5)14-24-10-8-23(7-2)9-11-24;/h17-19H,6-16H2,1-5H3,(H,21,22);1H. The second kappa shape index (κ2) is 12.4. The van der Waals surface area contributed by atoms with Gasteiger partial charge in [-0.2, -0.15) is 0 Å². The Hall–Kier alpha value is -0.0800. The SMILES string of the molecule is CCNC(=NCC(C)CN1CCN(CC)CC1)N1CC(C)CC(C)C1.I. The third-order valence-corrected chi connectivity index (χ3v) is 5.54. The van der Waals surface area contributed by atoms with E-state index in [0.29, 0.717) is 5.92 Å². The topological polar surface area (TPSA) is 34.1 Å². The summed E-state index contributed by atoms with van der Waals surface area (Å²) in [4.78, 5) is 12.6.